The summed E-state index contributed by atoms with van der Waals surface area (Å²) in [4.78, 5) is 6.50. The second kappa shape index (κ2) is 7.50. The maximum Gasteiger partial charge on any atom is 0.160 e. The van der Waals surface area contributed by atoms with Gasteiger partial charge in [-0.2, -0.15) is 0 Å². The zero-order valence-corrected chi connectivity index (χ0v) is 16.8. The van der Waals surface area contributed by atoms with Crippen molar-refractivity contribution in [3.8, 4) is 11.5 Å². The van der Waals surface area contributed by atoms with Gasteiger partial charge in [-0.15, -0.1) is 0 Å². The van der Waals surface area contributed by atoms with Crippen LogP contribution in [0, 0.1) is 5.41 Å². The molecule has 0 aliphatic carbocycles. The summed E-state index contributed by atoms with van der Waals surface area (Å²) < 4.78 is 12.6. The third-order valence-electron chi connectivity index (χ3n) is 5.31. The predicted molar refractivity (Wildman–Crippen MR) is 113 cm³/mol. The molecular formula is C22H24N4O3. The molecule has 0 bridgehead atoms. The average Bonchev–Trinajstić information content (AvgIpc) is 3.21. The second-order valence-corrected chi connectivity index (χ2v) is 7.01. The van der Waals surface area contributed by atoms with E-state index in [9.17, 15) is 5.11 Å². The number of rotatable bonds is 6. The van der Waals surface area contributed by atoms with Crippen molar-refractivity contribution in [1.82, 2.24) is 14.5 Å². The Morgan fingerprint density at radius 3 is 2.59 bits per heavy atom. The van der Waals surface area contributed by atoms with Crippen molar-refractivity contribution in [1.29, 1.82) is 5.41 Å². The largest absolute Gasteiger partial charge is 0.510 e. The van der Waals surface area contributed by atoms with E-state index in [1.165, 1.54) is 0 Å². The van der Waals surface area contributed by atoms with Crippen LogP contribution in [0.3, 0.4) is 0 Å². The molecule has 2 N–H and O–H groups in total. The Hall–Kier alpha value is -3.48. The number of nitrogens with one attached hydrogen (secondary N) is 1. The van der Waals surface area contributed by atoms with E-state index in [2.05, 4.69) is 4.98 Å². The Balaban J connectivity index is 1.52. The summed E-state index contributed by atoms with van der Waals surface area (Å²) in [6, 6.07) is 13.6. The van der Waals surface area contributed by atoms with Crippen LogP contribution in [0.2, 0.25) is 0 Å². The first-order valence-electron chi connectivity index (χ1n) is 9.42. The molecule has 1 aliphatic rings. The van der Waals surface area contributed by atoms with E-state index >= 15 is 0 Å². The molecule has 4 rings (SSSR count). The predicted octanol–water partition coefficient (Wildman–Crippen LogP) is 3.40. The van der Waals surface area contributed by atoms with Gasteiger partial charge in [-0.3, -0.25) is 5.41 Å². The standard InChI is InChI=1S/C22H24N4O3/c1-25-16-7-5-4-6-15(16)24-22(25)20-17(27)13-26(21(20)23)11-10-14-8-9-18(28-2)19(12-14)29-3/h4-9,12,23,27H,10-11,13H2,1-3H3. The molecule has 29 heavy (non-hydrogen) atoms. The fourth-order valence-electron chi connectivity index (χ4n) is 3.73. The lowest BCUT2D eigenvalue weighted by Crippen LogP contribution is -2.29. The Morgan fingerprint density at radius 2 is 1.86 bits per heavy atom. The van der Waals surface area contributed by atoms with Crippen LogP contribution >= 0.6 is 0 Å². The Labute approximate surface area is 169 Å². The van der Waals surface area contributed by atoms with Gasteiger partial charge >= 0.3 is 0 Å². The number of aromatic nitrogens is 2. The quantitative estimate of drug-likeness (QED) is 0.672. The smallest absolute Gasteiger partial charge is 0.160 e. The molecule has 7 nitrogen and oxygen atoms in total. The summed E-state index contributed by atoms with van der Waals surface area (Å²) in [5.41, 5.74) is 3.39. The molecule has 0 saturated carbocycles. The Bertz CT molecular complexity index is 1120. The van der Waals surface area contributed by atoms with E-state index in [1.54, 1.807) is 14.2 Å². The monoisotopic (exact) mass is 392 g/mol. The lowest BCUT2D eigenvalue weighted by atomic mass is 10.1. The summed E-state index contributed by atoms with van der Waals surface area (Å²) in [6.07, 6.45) is 0.714. The summed E-state index contributed by atoms with van der Waals surface area (Å²) >= 11 is 0. The van der Waals surface area contributed by atoms with E-state index in [0.717, 1.165) is 16.6 Å². The molecule has 0 unspecified atom stereocenters. The van der Waals surface area contributed by atoms with Gasteiger partial charge in [0.1, 0.15) is 17.4 Å². The molecular weight excluding hydrogens is 368 g/mol. The number of aliphatic hydroxyl groups excluding tert-OH is 1. The highest BCUT2D eigenvalue weighted by Gasteiger charge is 2.31. The number of imidazole rings is 1. The van der Waals surface area contributed by atoms with Gasteiger partial charge in [-0.1, -0.05) is 18.2 Å². The van der Waals surface area contributed by atoms with Crippen molar-refractivity contribution in [2.24, 2.45) is 7.05 Å². The fourth-order valence-corrected chi connectivity index (χ4v) is 3.73. The van der Waals surface area contributed by atoms with Crippen molar-refractivity contribution >= 4 is 22.4 Å². The van der Waals surface area contributed by atoms with E-state index in [0.29, 0.717) is 48.2 Å². The van der Waals surface area contributed by atoms with E-state index in [1.807, 2.05) is 59.0 Å². The fraction of sp³-hybridized carbons (Fsp3) is 0.273. The van der Waals surface area contributed by atoms with Crippen LogP contribution in [0.5, 0.6) is 11.5 Å². The minimum absolute atomic E-state index is 0.181. The minimum atomic E-state index is 0.181. The van der Waals surface area contributed by atoms with Crippen molar-refractivity contribution in [2.75, 3.05) is 27.3 Å². The van der Waals surface area contributed by atoms with Crippen LogP contribution in [-0.2, 0) is 13.5 Å². The zero-order chi connectivity index (χ0) is 20.5. The summed E-state index contributed by atoms with van der Waals surface area (Å²) in [5, 5.41) is 19.2. The molecule has 1 aliphatic heterocycles. The van der Waals surface area contributed by atoms with Crippen LogP contribution in [0.15, 0.2) is 48.2 Å². The first-order valence-corrected chi connectivity index (χ1v) is 9.42. The van der Waals surface area contributed by atoms with Gasteiger partial charge in [0.15, 0.2) is 11.5 Å². The Morgan fingerprint density at radius 1 is 1.10 bits per heavy atom. The zero-order valence-electron chi connectivity index (χ0n) is 16.8. The van der Waals surface area contributed by atoms with Crippen LogP contribution in [0.4, 0.5) is 0 Å². The number of aliphatic hydroxyl groups is 1. The van der Waals surface area contributed by atoms with Crippen molar-refractivity contribution < 1.29 is 14.6 Å². The highest BCUT2D eigenvalue weighted by atomic mass is 16.5. The maximum atomic E-state index is 10.6. The van der Waals surface area contributed by atoms with Gasteiger partial charge in [0.05, 0.1) is 37.4 Å². The maximum absolute atomic E-state index is 10.6. The third kappa shape index (κ3) is 3.29. The molecule has 2 aromatic carbocycles. The number of methoxy groups -OCH3 is 2. The lowest BCUT2D eigenvalue weighted by Gasteiger charge is -2.19. The number of ether oxygens (including phenoxy) is 2. The van der Waals surface area contributed by atoms with Crippen LogP contribution in [0.25, 0.3) is 16.6 Å². The van der Waals surface area contributed by atoms with Gasteiger partial charge in [-0.25, -0.2) is 4.98 Å². The molecule has 7 heteroatoms. The molecule has 150 valence electrons. The molecule has 0 radical (unpaired) electrons. The molecule has 3 aromatic rings. The molecule has 0 saturated heterocycles. The summed E-state index contributed by atoms with van der Waals surface area (Å²) in [7, 11) is 5.13. The molecule has 2 heterocycles. The topological polar surface area (TPSA) is 83.6 Å². The highest BCUT2D eigenvalue weighted by Crippen LogP contribution is 2.30. The van der Waals surface area contributed by atoms with Crippen LogP contribution in [0.1, 0.15) is 11.4 Å². The van der Waals surface area contributed by atoms with Crippen LogP contribution < -0.4 is 9.47 Å². The molecule has 0 spiro atoms. The molecule has 0 atom stereocenters. The van der Waals surface area contributed by atoms with Crippen molar-refractivity contribution in [3.63, 3.8) is 0 Å². The highest BCUT2D eigenvalue weighted by molar-refractivity contribution is 6.23. The molecule has 0 amide bonds. The summed E-state index contributed by atoms with van der Waals surface area (Å²) in [6.45, 7) is 0.913. The Kier molecular flexibility index (Phi) is 4.88. The number of hydrogen-bond acceptors (Lipinski definition) is 5. The number of hydrogen-bond donors (Lipinski definition) is 2. The number of fused-ring (bicyclic) bond motifs is 1. The van der Waals surface area contributed by atoms with Gasteiger partial charge in [0.2, 0.25) is 0 Å². The first-order chi connectivity index (χ1) is 14.0. The van der Waals surface area contributed by atoms with Crippen molar-refractivity contribution in [3.05, 3.63) is 59.6 Å². The van der Waals surface area contributed by atoms with Gasteiger partial charge in [0.25, 0.3) is 0 Å². The first kappa shape index (κ1) is 18.9. The van der Waals surface area contributed by atoms with E-state index in [-0.39, 0.29) is 5.76 Å². The van der Waals surface area contributed by atoms with Crippen LogP contribution in [-0.4, -0.2) is 52.7 Å². The second-order valence-electron chi connectivity index (χ2n) is 7.01. The van der Waals surface area contributed by atoms with Crippen molar-refractivity contribution in [2.45, 2.75) is 6.42 Å². The number of benzene rings is 2. The van der Waals surface area contributed by atoms with Gasteiger partial charge < -0.3 is 24.0 Å². The van der Waals surface area contributed by atoms with E-state index < -0.39 is 0 Å². The van der Waals surface area contributed by atoms with Gasteiger partial charge in [0, 0.05) is 13.6 Å². The average molecular weight is 392 g/mol. The lowest BCUT2D eigenvalue weighted by molar-refractivity contribution is 0.349. The third-order valence-corrected chi connectivity index (χ3v) is 5.31. The van der Waals surface area contributed by atoms with E-state index in [4.69, 9.17) is 14.9 Å². The molecule has 1 aromatic heterocycles. The summed E-state index contributed by atoms with van der Waals surface area (Å²) in [5.74, 6) is 2.46. The number of aryl methyl sites for hydroxylation is 1. The number of para-hydroxylation sites is 2. The molecule has 0 fully saturated rings. The van der Waals surface area contributed by atoms with Gasteiger partial charge in [-0.05, 0) is 36.2 Å². The normalized spacial score (nSPS) is 14.2. The SMILES string of the molecule is COc1ccc(CCN2CC(O)=C(c3nc4ccccc4n3C)C2=N)cc1OC. The number of nitrogens with zero attached hydrogens (tertiary/aromatic N) is 3. The number of amidine groups is 1. The minimum Gasteiger partial charge on any atom is -0.510 e.